The first-order valence-electron chi connectivity index (χ1n) is 16.1. The van der Waals surface area contributed by atoms with Gasteiger partial charge in [-0.15, -0.1) is 11.8 Å². The number of nitrogens with zero attached hydrogens (tertiary/aromatic N) is 3. The number of rotatable bonds is 5. The lowest BCUT2D eigenvalue weighted by Gasteiger charge is -2.30. The number of allylic oxidation sites excluding steroid dienone is 4. The van der Waals surface area contributed by atoms with Gasteiger partial charge < -0.3 is 19.3 Å². The van der Waals surface area contributed by atoms with Gasteiger partial charge in [-0.05, 0) is 51.5 Å². The Labute approximate surface area is 273 Å². The summed E-state index contributed by atoms with van der Waals surface area (Å²) in [6.45, 7) is 8.68. The summed E-state index contributed by atoms with van der Waals surface area (Å²) >= 11 is 1.55. The summed E-state index contributed by atoms with van der Waals surface area (Å²) in [5.74, 6) is 0.0650. The highest BCUT2D eigenvalue weighted by Gasteiger charge is 2.40. The predicted molar refractivity (Wildman–Crippen MR) is 181 cm³/mol. The topological polar surface area (TPSA) is 88.5 Å². The van der Waals surface area contributed by atoms with Gasteiger partial charge in [0, 0.05) is 51.3 Å². The van der Waals surface area contributed by atoms with Gasteiger partial charge >= 0.3 is 5.97 Å². The van der Waals surface area contributed by atoms with Gasteiger partial charge in [0.2, 0.25) is 11.8 Å². The Hall–Kier alpha value is -3.17. The van der Waals surface area contributed by atoms with Crippen molar-refractivity contribution in [3.8, 4) is 0 Å². The Bertz CT molecular complexity index is 1320. The Morgan fingerprint density at radius 1 is 1.16 bits per heavy atom. The van der Waals surface area contributed by atoms with Crippen molar-refractivity contribution >= 4 is 34.6 Å². The molecule has 0 radical (unpaired) electrons. The zero-order valence-electron chi connectivity index (χ0n) is 27.6. The van der Waals surface area contributed by atoms with E-state index in [2.05, 4.69) is 19.1 Å². The van der Waals surface area contributed by atoms with E-state index in [1.54, 1.807) is 25.9 Å². The normalized spacial score (nSPS) is 31.1. The third-order valence-electron chi connectivity index (χ3n) is 8.84. The lowest BCUT2D eigenvalue weighted by atomic mass is 10.0. The van der Waals surface area contributed by atoms with Crippen molar-refractivity contribution in [2.45, 2.75) is 96.6 Å². The molecule has 1 aromatic rings. The summed E-state index contributed by atoms with van der Waals surface area (Å²) < 4.78 is 11.7. The van der Waals surface area contributed by atoms with Crippen LogP contribution in [0.3, 0.4) is 0 Å². The van der Waals surface area contributed by atoms with E-state index in [-0.39, 0.29) is 29.9 Å². The van der Waals surface area contributed by atoms with Gasteiger partial charge in [-0.25, -0.2) is 4.79 Å². The molecule has 45 heavy (non-hydrogen) atoms. The van der Waals surface area contributed by atoms with E-state index in [0.717, 1.165) is 41.0 Å². The molecule has 2 unspecified atom stereocenters. The molecule has 3 aliphatic heterocycles. The number of likely N-dealkylation sites (N-methyl/N-ethyl adjacent to an activating group) is 1. The first-order chi connectivity index (χ1) is 21.6. The Balaban J connectivity index is 1.69. The van der Waals surface area contributed by atoms with Crippen molar-refractivity contribution < 1.29 is 23.9 Å². The molecule has 0 saturated carbocycles. The number of amides is 2. The molecule has 0 aromatic heterocycles. The third kappa shape index (κ3) is 9.42. The second-order valence-corrected chi connectivity index (χ2v) is 13.7. The van der Waals surface area contributed by atoms with Crippen LogP contribution in [0.15, 0.2) is 70.8 Å². The summed E-state index contributed by atoms with van der Waals surface area (Å²) in [5.41, 5.74) is 2.75. The fourth-order valence-corrected chi connectivity index (χ4v) is 7.38. The van der Waals surface area contributed by atoms with Crippen LogP contribution >= 0.6 is 11.8 Å². The van der Waals surface area contributed by atoms with Gasteiger partial charge in [0.1, 0.15) is 18.2 Å². The van der Waals surface area contributed by atoms with Gasteiger partial charge in [-0.1, -0.05) is 67.1 Å². The van der Waals surface area contributed by atoms with Crippen LogP contribution in [0.4, 0.5) is 0 Å². The molecule has 0 aliphatic carbocycles. The molecule has 1 aromatic carbocycles. The molecular formula is C36H49N3O5S. The van der Waals surface area contributed by atoms with Gasteiger partial charge in [-0.2, -0.15) is 0 Å². The maximum Gasteiger partial charge on any atom is 0.329 e. The lowest BCUT2D eigenvalue weighted by Crippen LogP contribution is -2.49. The van der Waals surface area contributed by atoms with Crippen molar-refractivity contribution in [1.29, 1.82) is 0 Å². The standard InChI is InChI=1S/C36H49N3O5S/c1-24-13-10-11-14-25(2)20-29(21-27(4)43-6)44-36(42)32(22-28-15-8-7-9-16-28)38(5)35(41)30-23-45-33(37-30)31-17-12-18-39(31)34(40)26(3)19-24/h7-11,14-16,19,24,27,29-32H,12-13,17-18,20-23H2,1-6H3/b11-10+,25-14+,26-19+/t24-,27?,29?,30-,31+,32+/m1/s1. The number of fused-ring (bicyclic) bond motifs is 3. The van der Waals surface area contributed by atoms with Gasteiger partial charge in [0.05, 0.1) is 17.2 Å². The molecule has 6 atom stereocenters. The average molecular weight is 636 g/mol. The molecule has 2 amide bonds. The fraction of sp³-hybridized carbons (Fsp3) is 0.556. The molecule has 0 N–H and O–H groups in total. The summed E-state index contributed by atoms with van der Waals surface area (Å²) in [5, 5.41) is 0.833. The zero-order valence-corrected chi connectivity index (χ0v) is 28.4. The molecular weight excluding hydrogens is 586 g/mol. The quantitative estimate of drug-likeness (QED) is 0.382. The molecule has 3 aliphatic rings. The van der Waals surface area contributed by atoms with E-state index >= 15 is 0 Å². The molecule has 3 heterocycles. The largest absolute Gasteiger partial charge is 0.460 e. The number of benzene rings is 1. The lowest BCUT2D eigenvalue weighted by molar-refractivity contribution is -0.160. The highest BCUT2D eigenvalue weighted by atomic mass is 32.2. The van der Waals surface area contributed by atoms with E-state index in [0.29, 0.717) is 31.6 Å². The van der Waals surface area contributed by atoms with Crippen molar-refractivity contribution in [3.63, 3.8) is 0 Å². The SMILES string of the molecule is COC(C)CC1C/C(C)=C/C=C/C[C@@H](C)/C=C(\C)C(=O)N2CCC[C@H]2C2=N[C@H](CS2)C(=O)N(C)[C@@H](Cc2ccccc2)C(=O)O1. The summed E-state index contributed by atoms with van der Waals surface area (Å²) in [4.78, 5) is 49.7. The molecule has 1 saturated heterocycles. The van der Waals surface area contributed by atoms with Gasteiger partial charge in [0.25, 0.3) is 0 Å². The number of cyclic esters (lactones) is 1. The summed E-state index contributed by atoms with van der Waals surface area (Å²) in [7, 11) is 3.33. The van der Waals surface area contributed by atoms with Gasteiger partial charge in [0.15, 0.2) is 0 Å². The first kappa shape index (κ1) is 34.7. The summed E-state index contributed by atoms with van der Waals surface area (Å²) in [6, 6.07) is 8.14. The van der Waals surface area contributed by atoms with Gasteiger partial charge in [-0.3, -0.25) is 14.6 Å². The number of ether oxygens (including phenoxy) is 2. The fourth-order valence-electron chi connectivity index (χ4n) is 6.20. The van der Waals surface area contributed by atoms with Crippen molar-refractivity contribution in [1.82, 2.24) is 9.80 Å². The minimum Gasteiger partial charge on any atom is -0.460 e. The van der Waals surface area contributed by atoms with Crippen LogP contribution in [-0.2, 0) is 30.3 Å². The van der Waals surface area contributed by atoms with Crippen LogP contribution in [0.1, 0.15) is 65.4 Å². The number of carbonyl (C=O) groups excluding carboxylic acids is 3. The third-order valence-corrected chi connectivity index (χ3v) is 10.00. The number of thioether (sulfide) groups is 1. The number of hydrogen-bond acceptors (Lipinski definition) is 7. The zero-order chi connectivity index (χ0) is 32.5. The average Bonchev–Trinajstić information content (AvgIpc) is 3.71. The Morgan fingerprint density at radius 3 is 2.64 bits per heavy atom. The second-order valence-electron chi connectivity index (χ2n) is 12.7. The van der Waals surface area contributed by atoms with Crippen LogP contribution in [-0.4, -0.2) is 89.4 Å². The van der Waals surface area contributed by atoms with Crippen LogP contribution in [0.5, 0.6) is 0 Å². The molecule has 4 rings (SSSR count). The number of carbonyl (C=O) groups is 3. The van der Waals surface area contributed by atoms with Crippen molar-refractivity contribution in [2.24, 2.45) is 10.9 Å². The highest BCUT2D eigenvalue weighted by molar-refractivity contribution is 8.14. The Kier molecular flexibility index (Phi) is 12.7. The van der Waals surface area contributed by atoms with E-state index in [1.807, 2.05) is 68.2 Å². The van der Waals surface area contributed by atoms with Crippen molar-refractivity contribution in [2.75, 3.05) is 26.5 Å². The number of aliphatic imine (C=N–C) groups is 1. The Morgan fingerprint density at radius 2 is 1.91 bits per heavy atom. The van der Waals surface area contributed by atoms with Crippen LogP contribution < -0.4 is 0 Å². The maximum absolute atomic E-state index is 14.0. The van der Waals surface area contributed by atoms with Crippen LogP contribution in [0.25, 0.3) is 0 Å². The van der Waals surface area contributed by atoms with Crippen LogP contribution in [0.2, 0.25) is 0 Å². The first-order valence-corrected chi connectivity index (χ1v) is 17.1. The predicted octanol–water partition coefficient (Wildman–Crippen LogP) is 5.78. The highest BCUT2D eigenvalue weighted by Crippen LogP contribution is 2.31. The molecule has 2 bridgehead atoms. The monoisotopic (exact) mass is 635 g/mol. The summed E-state index contributed by atoms with van der Waals surface area (Å²) in [6.07, 6.45) is 11.7. The molecule has 244 valence electrons. The van der Waals surface area contributed by atoms with Crippen molar-refractivity contribution in [3.05, 3.63) is 71.3 Å². The second kappa shape index (κ2) is 16.4. The molecule has 9 heteroatoms. The number of methoxy groups -OCH3 is 1. The van der Waals surface area contributed by atoms with E-state index in [9.17, 15) is 14.4 Å². The molecule has 1 fully saturated rings. The smallest absolute Gasteiger partial charge is 0.329 e. The molecule has 0 spiro atoms. The van der Waals surface area contributed by atoms with E-state index in [1.165, 1.54) is 4.90 Å². The maximum atomic E-state index is 14.0. The minimum atomic E-state index is -0.818. The number of hydrogen-bond donors (Lipinski definition) is 0. The van der Waals surface area contributed by atoms with E-state index in [4.69, 9.17) is 14.5 Å². The minimum absolute atomic E-state index is 0.0344. The molecule has 8 nitrogen and oxygen atoms in total. The van der Waals surface area contributed by atoms with E-state index < -0.39 is 24.2 Å². The number of esters is 1. The van der Waals surface area contributed by atoms with Crippen LogP contribution in [0, 0.1) is 5.92 Å².